The maximum Gasteiger partial charge on any atom is 0.263 e. The highest BCUT2D eigenvalue weighted by Crippen LogP contribution is 2.33. The van der Waals surface area contributed by atoms with E-state index in [-0.39, 0.29) is 5.56 Å². The fourth-order valence-electron chi connectivity index (χ4n) is 3.70. The maximum atomic E-state index is 13.5. The molecule has 2 aromatic heterocycles. The van der Waals surface area contributed by atoms with Crippen LogP contribution in [0.4, 0.5) is 0 Å². The first kappa shape index (κ1) is 18.4. The lowest BCUT2D eigenvalue weighted by molar-refractivity contribution is -0.121. The van der Waals surface area contributed by atoms with Gasteiger partial charge in [0.2, 0.25) is 5.91 Å². The van der Waals surface area contributed by atoms with E-state index in [0.717, 1.165) is 21.9 Å². The molecule has 0 bridgehead atoms. The number of amides is 1. The summed E-state index contributed by atoms with van der Waals surface area (Å²) in [6.07, 6.45) is 1.00. The summed E-state index contributed by atoms with van der Waals surface area (Å²) in [5.41, 5.74) is 7.19. The molecule has 5 nitrogen and oxygen atoms in total. The van der Waals surface area contributed by atoms with Crippen LogP contribution in [0.15, 0.2) is 52.6 Å². The van der Waals surface area contributed by atoms with Gasteiger partial charge in [-0.3, -0.25) is 14.2 Å². The fraction of sp³-hybridized carbons (Fsp3) is 0.227. The molecular formula is C22H21N3O2S. The van der Waals surface area contributed by atoms with Crippen LogP contribution in [0, 0.1) is 0 Å². The summed E-state index contributed by atoms with van der Waals surface area (Å²) in [7, 11) is 0. The van der Waals surface area contributed by atoms with Gasteiger partial charge in [0, 0.05) is 17.4 Å². The molecule has 2 N–H and O–H groups in total. The largest absolute Gasteiger partial charge is 0.368 e. The van der Waals surface area contributed by atoms with Crippen LogP contribution in [0.3, 0.4) is 0 Å². The SMILES string of the molecule is CCc1nc2scc(-c3ccc4ccccc4c3)c2c(=O)n1C(CC)C(N)=O. The van der Waals surface area contributed by atoms with Crippen LogP contribution in [0.5, 0.6) is 0 Å². The van der Waals surface area contributed by atoms with E-state index >= 15 is 0 Å². The summed E-state index contributed by atoms with van der Waals surface area (Å²) < 4.78 is 1.49. The molecule has 6 heteroatoms. The van der Waals surface area contributed by atoms with E-state index in [1.165, 1.54) is 15.9 Å². The monoisotopic (exact) mass is 391 g/mol. The number of thiophene rings is 1. The molecule has 0 saturated carbocycles. The Balaban J connectivity index is 2.00. The quantitative estimate of drug-likeness (QED) is 0.552. The van der Waals surface area contributed by atoms with Gasteiger partial charge in [-0.1, -0.05) is 50.2 Å². The molecule has 0 aliphatic carbocycles. The third-order valence-corrected chi connectivity index (χ3v) is 5.99. The lowest BCUT2D eigenvalue weighted by Crippen LogP contribution is -2.36. The summed E-state index contributed by atoms with van der Waals surface area (Å²) in [6, 6.07) is 13.6. The van der Waals surface area contributed by atoms with Gasteiger partial charge in [-0.25, -0.2) is 4.98 Å². The average Bonchev–Trinajstić information content (AvgIpc) is 3.13. The van der Waals surface area contributed by atoms with Gasteiger partial charge in [-0.2, -0.15) is 0 Å². The molecule has 28 heavy (non-hydrogen) atoms. The highest BCUT2D eigenvalue weighted by molar-refractivity contribution is 7.17. The summed E-state index contributed by atoms with van der Waals surface area (Å²) in [5.74, 6) is 0.0815. The number of rotatable bonds is 5. The van der Waals surface area contributed by atoms with Crippen molar-refractivity contribution in [1.29, 1.82) is 0 Å². The van der Waals surface area contributed by atoms with Crippen molar-refractivity contribution in [2.45, 2.75) is 32.7 Å². The lowest BCUT2D eigenvalue weighted by atomic mass is 10.0. The zero-order valence-corrected chi connectivity index (χ0v) is 16.6. The number of nitrogens with zero attached hydrogens (tertiary/aromatic N) is 2. The van der Waals surface area contributed by atoms with Gasteiger partial charge in [0.1, 0.15) is 16.7 Å². The number of primary amides is 1. The zero-order valence-electron chi connectivity index (χ0n) is 15.8. The number of nitrogens with two attached hydrogens (primary N) is 1. The first-order chi connectivity index (χ1) is 13.5. The average molecular weight is 391 g/mol. The molecule has 0 fully saturated rings. The second kappa shape index (κ2) is 7.20. The van der Waals surface area contributed by atoms with Crippen molar-refractivity contribution in [2.24, 2.45) is 5.73 Å². The van der Waals surface area contributed by atoms with Gasteiger partial charge in [-0.05, 0) is 28.8 Å². The number of fused-ring (bicyclic) bond motifs is 2. The Morgan fingerprint density at radius 1 is 1.18 bits per heavy atom. The smallest absolute Gasteiger partial charge is 0.263 e. The fourth-order valence-corrected chi connectivity index (χ4v) is 4.65. The van der Waals surface area contributed by atoms with E-state index in [1.807, 2.05) is 37.4 Å². The second-order valence-electron chi connectivity index (χ2n) is 6.77. The van der Waals surface area contributed by atoms with E-state index in [1.54, 1.807) is 0 Å². The zero-order chi connectivity index (χ0) is 19.8. The molecule has 0 aliphatic heterocycles. The number of aryl methyl sites for hydroxylation is 1. The third kappa shape index (κ3) is 2.90. The Morgan fingerprint density at radius 2 is 1.93 bits per heavy atom. The Morgan fingerprint density at radius 3 is 2.61 bits per heavy atom. The van der Waals surface area contributed by atoms with Crippen molar-refractivity contribution >= 4 is 38.2 Å². The van der Waals surface area contributed by atoms with Crippen molar-refractivity contribution in [1.82, 2.24) is 9.55 Å². The van der Waals surface area contributed by atoms with Crippen molar-refractivity contribution in [2.75, 3.05) is 0 Å². The number of carbonyl (C=O) groups excluding carboxylic acids is 1. The van der Waals surface area contributed by atoms with Crippen molar-refractivity contribution in [3.63, 3.8) is 0 Å². The molecule has 4 rings (SSSR count). The molecule has 4 aromatic rings. The molecule has 2 aromatic carbocycles. The summed E-state index contributed by atoms with van der Waals surface area (Å²) in [4.78, 5) is 30.8. The van der Waals surface area contributed by atoms with Gasteiger partial charge in [0.25, 0.3) is 5.56 Å². The minimum absolute atomic E-state index is 0.197. The van der Waals surface area contributed by atoms with Gasteiger partial charge in [0.05, 0.1) is 5.39 Å². The van der Waals surface area contributed by atoms with Crippen LogP contribution in [-0.2, 0) is 11.2 Å². The highest BCUT2D eigenvalue weighted by Gasteiger charge is 2.24. The Labute approximate surface area is 166 Å². The van der Waals surface area contributed by atoms with Crippen LogP contribution < -0.4 is 11.3 Å². The molecule has 0 radical (unpaired) electrons. The van der Waals surface area contributed by atoms with Gasteiger partial charge in [0.15, 0.2) is 0 Å². The minimum atomic E-state index is -0.691. The molecule has 2 heterocycles. The first-order valence-corrected chi connectivity index (χ1v) is 10.2. The Hall–Kier alpha value is -2.99. The molecule has 1 amide bonds. The molecule has 0 aliphatic rings. The number of aromatic nitrogens is 2. The standard InChI is InChI=1S/C22H21N3O2S/c1-3-17(20(23)26)25-18(4-2)24-21-19(22(25)27)16(12-28-21)15-10-9-13-7-5-6-8-14(13)11-15/h5-12,17H,3-4H2,1-2H3,(H2,23,26). The number of benzene rings is 2. The normalized spacial score (nSPS) is 12.5. The molecule has 1 unspecified atom stereocenters. The van der Waals surface area contributed by atoms with Crippen molar-refractivity contribution in [3.8, 4) is 11.1 Å². The van der Waals surface area contributed by atoms with E-state index < -0.39 is 11.9 Å². The first-order valence-electron chi connectivity index (χ1n) is 9.36. The summed E-state index contributed by atoms with van der Waals surface area (Å²) in [5, 5.41) is 4.78. The van der Waals surface area contributed by atoms with Crippen LogP contribution >= 0.6 is 11.3 Å². The van der Waals surface area contributed by atoms with Crippen LogP contribution in [0.2, 0.25) is 0 Å². The Bertz CT molecular complexity index is 1260. The Kier molecular flexibility index (Phi) is 4.73. The number of carbonyl (C=O) groups is 1. The van der Waals surface area contributed by atoms with E-state index in [4.69, 9.17) is 5.73 Å². The topological polar surface area (TPSA) is 78.0 Å². The molecule has 0 saturated heterocycles. The van der Waals surface area contributed by atoms with Gasteiger partial charge in [-0.15, -0.1) is 11.3 Å². The lowest BCUT2D eigenvalue weighted by Gasteiger charge is -2.18. The van der Waals surface area contributed by atoms with Gasteiger partial charge < -0.3 is 5.73 Å². The maximum absolute atomic E-state index is 13.5. The van der Waals surface area contributed by atoms with Crippen molar-refractivity contribution < 1.29 is 4.79 Å². The van der Waals surface area contributed by atoms with Gasteiger partial charge >= 0.3 is 0 Å². The molecular weight excluding hydrogens is 370 g/mol. The second-order valence-corrected chi connectivity index (χ2v) is 7.63. The van der Waals surface area contributed by atoms with Crippen LogP contribution in [-0.4, -0.2) is 15.5 Å². The summed E-state index contributed by atoms with van der Waals surface area (Å²) >= 11 is 1.45. The number of hydrogen-bond acceptors (Lipinski definition) is 4. The van der Waals surface area contributed by atoms with Crippen LogP contribution in [0.1, 0.15) is 32.1 Å². The molecule has 142 valence electrons. The predicted octanol–water partition coefficient (Wildman–Crippen LogP) is 4.28. The minimum Gasteiger partial charge on any atom is -0.368 e. The van der Waals surface area contributed by atoms with Crippen molar-refractivity contribution in [3.05, 3.63) is 64.0 Å². The number of hydrogen-bond donors (Lipinski definition) is 1. The van der Waals surface area contributed by atoms with E-state index in [9.17, 15) is 9.59 Å². The van der Waals surface area contributed by atoms with E-state index in [2.05, 4.69) is 29.2 Å². The van der Waals surface area contributed by atoms with E-state index in [0.29, 0.717) is 28.9 Å². The highest BCUT2D eigenvalue weighted by atomic mass is 32.1. The summed E-state index contributed by atoms with van der Waals surface area (Å²) in [6.45, 7) is 3.78. The van der Waals surface area contributed by atoms with Crippen LogP contribution in [0.25, 0.3) is 32.1 Å². The third-order valence-electron chi connectivity index (χ3n) is 5.12. The predicted molar refractivity (Wildman–Crippen MR) is 115 cm³/mol. The molecule has 1 atom stereocenters. The molecule has 0 spiro atoms.